The van der Waals surface area contributed by atoms with Crippen LogP contribution in [0.5, 0.6) is 0 Å². The molecule has 0 amide bonds. The predicted octanol–water partition coefficient (Wildman–Crippen LogP) is 3.22. The first-order valence-electron chi connectivity index (χ1n) is 7.39. The van der Waals surface area contributed by atoms with Gasteiger partial charge in [-0.15, -0.1) is 0 Å². The first-order chi connectivity index (χ1) is 10.1. The molecular weight excluding hydrogens is 264 g/mol. The molecule has 0 atom stereocenters. The number of nitrogens with one attached hydrogen (secondary N) is 1. The maximum Gasteiger partial charge on any atom is 0.310 e. The number of rotatable bonds is 7. The van der Waals surface area contributed by atoms with Crippen molar-refractivity contribution in [1.29, 1.82) is 0 Å². The second-order valence-electron chi connectivity index (χ2n) is 5.43. The van der Waals surface area contributed by atoms with Crippen LogP contribution in [0.3, 0.4) is 0 Å². The van der Waals surface area contributed by atoms with Crippen LogP contribution in [0.1, 0.15) is 32.3 Å². The van der Waals surface area contributed by atoms with Crippen molar-refractivity contribution in [3.8, 4) is 0 Å². The minimum atomic E-state index is -0.720. The molecule has 0 spiro atoms. The molecule has 0 radical (unpaired) electrons. The van der Waals surface area contributed by atoms with Gasteiger partial charge >= 0.3 is 5.97 Å². The Labute approximate surface area is 125 Å². The molecule has 21 heavy (non-hydrogen) atoms. The van der Waals surface area contributed by atoms with Gasteiger partial charge in [-0.25, -0.2) is 0 Å². The minimum absolute atomic E-state index is 0.487. The molecule has 0 saturated carbocycles. The molecular formula is C17H22N2O2. The number of fused-ring (bicyclic) bond motifs is 1. The molecule has 4 heteroatoms. The predicted molar refractivity (Wildman–Crippen MR) is 84.1 cm³/mol. The van der Waals surface area contributed by atoms with Crippen LogP contribution in [-0.4, -0.2) is 22.6 Å². The molecule has 0 bridgehead atoms. The van der Waals surface area contributed by atoms with E-state index in [4.69, 9.17) is 0 Å². The third-order valence-corrected chi connectivity index (χ3v) is 4.27. The van der Waals surface area contributed by atoms with E-state index in [9.17, 15) is 9.90 Å². The Morgan fingerprint density at radius 3 is 2.71 bits per heavy atom. The normalized spacial score (nSPS) is 11.7. The van der Waals surface area contributed by atoms with Crippen molar-refractivity contribution in [3.05, 3.63) is 42.1 Å². The average molecular weight is 286 g/mol. The standard InChI is InChI=1S/C17H22N2O2/c1-3-17(4-2,16(20)21)12-18-11-13-7-8-15-14(10-13)6-5-9-19-15/h5-10,18H,3-4,11-12H2,1-2H3,(H,20,21). The van der Waals surface area contributed by atoms with E-state index in [1.54, 1.807) is 6.20 Å². The average Bonchev–Trinajstić information content (AvgIpc) is 2.51. The van der Waals surface area contributed by atoms with Crippen LogP contribution in [0.15, 0.2) is 36.5 Å². The molecule has 1 heterocycles. The van der Waals surface area contributed by atoms with Gasteiger partial charge in [0.2, 0.25) is 0 Å². The lowest BCUT2D eigenvalue weighted by Crippen LogP contribution is -2.39. The van der Waals surface area contributed by atoms with E-state index in [2.05, 4.69) is 16.4 Å². The van der Waals surface area contributed by atoms with Gasteiger partial charge in [-0.1, -0.05) is 26.0 Å². The second-order valence-corrected chi connectivity index (χ2v) is 5.43. The summed E-state index contributed by atoms with van der Waals surface area (Å²) in [6.07, 6.45) is 3.05. The second kappa shape index (κ2) is 6.68. The zero-order valence-corrected chi connectivity index (χ0v) is 12.6. The van der Waals surface area contributed by atoms with E-state index >= 15 is 0 Å². The first-order valence-corrected chi connectivity index (χ1v) is 7.39. The van der Waals surface area contributed by atoms with E-state index in [1.165, 1.54) is 0 Å². The van der Waals surface area contributed by atoms with E-state index < -0.39 is 11.4 Å². The lowest BCUT2D eigenvalue weighted by Gasteiger charge is -2.27. The number of nitrogens with zero attached hydrogens (tertiary/aromatic N) is 1. The summed E-state index contributed by atoms with van der Waals surface area (Å²) in [6.45, 7) is 5.02. The Morgan fingerprint density at radius 2 is 2.05 bits per heavy atom. The molecule has 0 aliphatic heterocycles. The zero-order chi connectivity index (χ0) is 15.3. The molecule has 0 fully saturated rings. The topological polar surface area (TPSA) is 62.2 Å². The third kappa shape index (κ3) is 3.39. The molecule has 0 aliphatic carbocycles. The van der Waals surface area contributed by atoms with Gasteiger partial charge in [-0.2, -0.15) is 0 Å². The molecule has 2 rings (SSSR count). The SMILES string of the molecule is CCC(CC)(CNCc1ccc2ncccc2c1)C(=O)O. The van der Waals surface area contributed by atoms with Gasteiger partial charge in [-0.05, 0) is 36.6 Å². The number of carboxylic acids is 1. The maximum absolute atomic E-state index is 11.5. The highest BCUT2D eigenvalue weighted by Gasteiger charge is 2.34. The first kappa shape index (κ1) is 15.4. The highest BCUT2D eigenvalue weighted by molar-refractivity contribution is 5.78. The largest absolute Gasteiger partial charge is 0.481 e. The summed E-state index contributed by atoms with van der Waals surface area (Å²) in [6, 6.07) is 10.1. The van der Waals surface area contributed by atoms with E-state index in [1.807, 2.05) is 38.1 Å². The van der Waals surface area contributed by atoms with Crippen molar-refractivity contribution >= 4 is 16.9 Å². The summed E-state index contributed by atoms with van der Waals surface area (Å²) in [5.74, 6) is -0.720. The number of aliphatic carboxylic acids is 1. The fourth-order valence-corrected chi connectivity index (χ4v) is 2.56. The van der Waals surface area contributed by atoms with Crippen LogP contribution in [0.25, 0.3) is 10.9 Å². The van der Waals surface area contributed by atoms with Crippen molar-refractivity contribution in [1.82, 2.24) is 10.3 Å². The van der Waals surface area contributed by atoms with E-state index in [0.717, 1.165) is 16.5 Å². The fourth-order valence-electron chi connectivity index (χ4n) is 2.56. The monoisotopic (exact) mass is 286 g/mol. The maximum atomic E-state index is 11.5. The van der Waals surface area contributed by atoms with Gasteiger partial charge in [-0.3, -0.25) is 9.78 Å². The number of carbonyl (C=O) groups is 1. The highest BCUT2D eigenvalue weighted by atomic mass is 16.4. The van der Waals surface area contributed by atoms with Gasteiger partial charge < -0.3 is 10.4 Å². The minimum Gasteiger partial charge on any atom is -0.481 e. The van der Waals surface area contributed by atoms with Crippen LogP contribution in [0.4, 0.5) is 0 Å². The van der Waals surface area contributed by atoms with Crippen LogP contribution >= 0.6 is 0 Å². The smallest absolute Gasteiger partial charge is 0.310 e. The fraction of sp³-hybridized carbons (Fsp3) is 0.412. The molecule has 1 aromatic heterocycles. The number of hydrogen-bond acceptors (Lipinski definition) is 3. The molecule has 112 valence electrons. The number of hydrogen-bond donors (Lipinski definition) is 2. The van der Waals surface area contributed by atoms with Crippen LogP contribution in [-0.2, 0) is 11.3 Å². The molecule has 0 aliphatic rings. The van der Waals surface area contributed by atoms with Crippen molar-refractivity contribution in [2.24, 2.45) is 5.41 Å². The number of pyridine rings is 1. The molecule has 2 aromatic rings. The molecule has 0 unspecified atom stereocenters. The Bertz CT molecular complexity index is 621. The molecule has 1 aromatic carbocycles. The summed E-state index contributed by atoms with van der Waals surface area (Å²) in [7, 11) is 0. The Morgan fingerprint density at radius 1 is 1.29 bits per heavy atom. The number of carboxylic acid groups (broad SMARTS) is 1. The van der Waals surface area contributed by atoms with E-state index in [0.29, 0.717) is 25.9 Å². The Balaban J connectivity index is 2.03. The van der Waals surface area contributed by atoms with Crippen LogP contribution in [0.2, 0.25) is 0 Å². The summed E-state index contributed by atoms with van der Waals surface area (Å²) in [4.78, 5) is 15.7. The third-order valence-electron chi connectivity index (χ3n) is 4.27. The van der Waals surface area contributed by atoms with Gasteiger partial charge in [0.25, 0.3) is 0 Å². The highest BCUT2D eigenvalue weighted by Crippen LogP contribution is 2.25. The lowest BCUT2D eigenvalue weighted by molar-refractivity contribution is -0.149. The van der Waals surface area contributed by atoms with Gasteiger partial charge in [0.1, 0.15) is 0 Å². The Kier molecular flexibility index (Phi) is 4.91. The van der Waals surface area contributed by atoms with Crippen molar-refractivity contribution in [2.45, 2.75) is 33.2 Å². The van der Waals surface area contributed by atoms with Crippen molar-refractivity contribution < 1.29 is 9.90 Å². The summed E-state index contributed by atoms with van der Waals surface area (Å²) >= 11 is 0. The van der Waals surface area contributed by atoms with Crippen LogP contribution < -0.4 is 5.32 Å². The number of benzene rings is 1. The Hall–Kier alpha value is -1.94. The molecule has 0 saturated heterocycles. The molecule has 2 N–H and O–H groups in total. The van der Waals surface area contributed by atoms with Crippen molar-refractivity contribution in [3.63, 3.8) is 0 Å². The lowest BCUT2D eigenvalue weighted by atomic mass is 9.82. The number of aromatic nitrogens is 1. The zero-order valence-electron chi connectivity index (χ0n) is 12.6. The van der Waals surface area contributed by atoms with Gasteiger partial charge in [0, 0.05) is 24.7 Å². The summed E-state index contributed by atoms with van der Waals surface area (Å²) < 4.78 is 0. The molecule has 4 nitrogen and oxygen atoms in total. The van der Waals surface area contributed by atoms with Crippen molar-refractivity contribution in [2.75, 3.05) is 6.54 Å². The quantitative estimate of drug-likeness (QED) is 0.820. The van der Waals surface area contributed by atoms with Gasteiger partial charge in [0.05, 0.1) is 10.9 Å². The summed E-state index contributed by atoms with van der Waals surface area (Å²) in [5, 5.41) is 13.8. The van der Waals surface area contributed by atoms with E-state index in [-0.39, 0.29) is 0 Å². The van der Waals surface area contributed by atoms with Crippen LogP contribution in [0, 0.1) is 5.41 Å². The summed E-state index contributed by atoms with van der Waals surface area (Å²) in [5.41, 5.74) is 1.45. The van der Waals surface area contributed by atoms with Gasteiger partial charge in [0.15, 0.2) is 0 Å².